The quantitative estimate of drug-likeness (QED) is 0.0410. The van der Waals surface area contributed by atoms with Crippen LogP contribution in [0, 0.1) is 0 Å². The second-order valence-corrected chi connectivity index (χ2v) is 13.4. The van der Waals surface area contributed by atoms with Gasteiger partial charge in [-0.15, -0.1) is 16.9 Å². The first-order valence-electron chi connectivity index (χ1n) is 16.2. The summed E-state index contributed by atoms with van der Waals surface area (Å²) in [6.45, 7) is 3.82. The van der Waals surface area contributed by atoms with Crippen LogP contribution in [0.4, 0.5) is 0 Å². The van der Waals surface area contributed by atoms with E-state index < -0.39 is 42.4 Å². The zero-order chi connectivity index (χ0) is 34.9. The summed E-state index contributed by atoms with van der Waals surface area (Å²) in [6.07, 6.45) is -2.89. The summed E-state index contributed by atoms with van der Waals surface area (Å²) >= 11 is 3.05. The van der Waals surface area contributed by atoms with Crippen molar-refractivity contribution < 1.29 is 33.3 Å². The van der Waals surface area contributed by atoms with Gasteiger partial charge in [-0.25, -0.2) is 24.4 Å². The van der Waals surface area contributed by atoms with Crippen molar-refractivity contribution in [2.24, 2.45) is 0 Å². The van der Waals surface area contributed by atoms with Crippen LogP contribution in [0.3, 0.4) is 0 Å². The molecule has 1 saturated heterocycles. The SMILES string of the molecule is CCCSc1nc(SCCC)c2nnn([C@@H]3O[C@H](COC(=O)c4ccccc4)[C@@H](OC(=O)c4ccccc4)[C@H]3OC(=O)c3ccccc3)c2n1. The van der Waals surface area contributed by atoms with E-state index in [4.69, 9.17) is 28.9 Å². The van der Waals surface area contributed by atoms with Crippen molar-refractivity contribution in [3.05, 3.63) is 108 Å². The Labute approximate surface area is 297 Å². The normalized spacial score (nSPS) is 18.5. The van der Waals surface area contributed by atoms with Gasteiger partial charge in [0, 0.05) is 5.75 Å². The van der Waals surface area contributed by atoms with Crippen LogP contribution in [-0.2, 0) is 18.9 Å². The van der Waals surface area contributed by atoms with Gasteiger partial charge < -0.3 is 18.9 Å². The van der Waals surface area contributed by atoms with Crippen molar-refractivity contribution >= 4 is 52.6 Å². The standard InChI is InChI=1S/C36H35N5O7S2/c1-3-20-49-31-27-30(37-36(38-31)50-21-4-2)41(40-39-27)32-29(48-35(44)25-18-12-7-13-19-25)28(47-34(43)24-16-10-6-11-17-24)26(46-32)22-45-33(42)23-14-8-5-9-15-23/h5-19,26,28-29,32H,3-4,20-22H2,1-2H3/t26-,28-,29-,32-/m1/s1. The lowest BCUT2D eigenvalue weighted by Gasteiger charge is -2.24. The molecule has 3 heterocycles. The highest BCUT2D eigenvalue weighted by Gasteiger charge is 2.52. The molecule has 1 fully saturated rings. The minimum atomic E-state index is -1.26. The molecular weight excluding hydrogens is 679 g/mol. The van der Waals surface area contributed by atoms with Gasteiger partial charge in [0.15, 0.2) is 34.8 Å². The van der Waals surface area contributed by atoms with Gasteiger partial charge in [0.1, 0.15) is 17.7 Å². The number of carbonyl (C=O) groups excluding carboxylic acids is 3. The minimum Gasteiger partial charge on any atom is -0.459 e. The van der Waals surface area contributed by atoms with E-state index in [1.807, 2.05) is 0 Å². The Morgan fingerprint density at radius 1 is 0.720 bits per heavy atom. The molecule has 0 unspecified atom stereocenters. The van der Waals surface area contributed by atoms with Crippen molar-refractivity contribution in [2.75, 3.05) is 18.1 Å². The fraction of sp³-hybridized carbons (Fsp3) is 0.306. The van der Waals surface area contributed by atoms with Crippen LogP contribution >= 0.6 is 23.5 Å². The van der Waals surface area contributed by atoms with E-state index in [0.29, 0.717) is 26.9 Å². The number of benzene rings is 3. The molecule has 0 N–H and O–H groups in total. The molecule has 6 rings (SSSR count). The molecule has 1 aliphatic heterocycles. The Balaban J connectivity index is 1.41. The van der Waals surface area contributed by atoms with Crippen molar-refractivity contribution in [3.8, 4) is 0 Å². The van der Waals surface area contributed by atoms with Crippen molar-refractivity contribution in [1.82, 2.24) is 25.0 Å². The molecule has 5 aromatic rings. The van der Waals surface area contributed by atoms with E-state index >= 15 is 0 Å². The highest BCUT2D eigenvalue weighted by Crippen LogP contribution is 2.37. The molecule has 3 aromatic carbocycles. The lowest BCUT2D eigenvalue weighted by molar-refractivity contribution is -0.0661. The summed E-state index contributed by atoms with van der Waals surface area (Å²) in [4.78, 5) is 49.7. The molecule has 1 aliphatic rings. The average Bonchev–Trinajstić information content (AvgIpc) is 3.73. The lowest BCUT2D eigenvalue weighted by atomic mass is 10.1. The van der Waals surface area contributed by atoms with Gasteiger partial charge in [-0.3, -0.25) is 0 Å². The van der Waals surface area contributed by atoms with Crippen LogP contribution in [0.5, 0.6) is 0 Å². The molecule has 4 atom stereocenters. The van der Waals surface area contributed by atoms with E-state index in [9.17, 15) is 14.4 Å². The third kappa shape index (κ3) is 8.15. The van der Waals surface area contributed by atoms with Crippen molar-refractivity contribution in [3.63, 3.8) is 0 Å². The maximum atomic E-state index is 13.6. The number of hydrogen-bond donors (Lipinski definition) is 0. The van der Waals surface area contributed by atoms with Crippen LogP contribution < -0.4 is 0 Å². The van der Waals surface area contributed by atoms with Gasteiger partial charge in [0.2, 0.25) is 0 Å². The predicted molar refractivity (Wildman–Crippen MR) is 187 cm³/mol. The number of hydrogen-bond acceptors (Lipinski definition) is 13. The summed E-state index contributed by atoms with van der Waals surface area (Å²) in [5.74, 6) is -0.348. The second-order valence-electron chi connectivity index (χ2n) is 11.2. The minimum absolute atomic E-state index is 0.276. The molecular formula is C36H35N5O7S2. The Bertz CT molecular complexity index is 1910. The van der Waals surface area contributed by atoms with Crippen LogP contribution in [0.15, 0.2) is 101 Å². The molecule has 258 valence electrons. The van der Waals surface area contributed by atoms with Crippen LogP contribution in [0.1, 0.15) is 64.0 Å². The van der Waals surface area contributed by atoms with E-state index in [0.717, 1.165) is 24.3 Å². The summed E-state index contributed by atoms with van der Waals surface area (Å²) in [6, 6.07) is 25.3. The first-order chi connectivity index (χ1) is 24.5. The number of aromatic nitrogens is 5. The maximum Gasteiger partial charge on any atom is 0.338 e. The fourth-order valence-electron chi connectivity index (χ4n) is 5.17. The molecule has 0 aliphatic carbocycles. The van der Waals surface area contributed by atoms with Crippen LogP contribution in [-0.4, -0.2) is 79.3 Å². The number of carbonyl (C=O) groups is 3. The van der Waals surface area contributed by atoms with Gasteiger partial charge >= 0.3 is 17.9 Å². The molecule has 12 nitrogen and oxygen atoms in total. The number of nitrogens with zero attached hydrogens (tertiary/aromatic N) is 5. The maximum absolute atomic E-state index is 13.6. The second kappa shape index (κ2) is 16.7. The summed E-state index contributed by atoms with van der Waals surface area (Å²) in [5, 5.41) is 10.1. The zero-order valence-electron chi connectivity index (χ0n) is 27.4. The Hall–Kier alpha value is -4.79. The zero-order valence-corrected chi connectivity index (χ0v) is 29.0. The van der Waals surface area contributed by atoms with E-state index in [1.165, 1.54) is 16.4 Å². The molecule has 0 amide bonds. The molecule has 0 saturated carbocycles. The fourth-order valence-corrected chi connectivity index (χ4v) is 6.74. The first-order valence-corrected chi connectivity index (χ1v) is 18.2. The molecule has 2 aromatic heterocycles. The summed E-state index contributed by atoms with van der Waals surface area (Å²) < 4.78 is 25.8. The predicted octanol–water partition coefficient (Wildman–Crippen LogP) is 6.43. The number of esters is 3. The average molecular weight is 714 g/mol. The molecule has 0 radical (unpaired) electrons. The van der Waals surface area contributed by atoms with E-state index in [2.05, 4.69) is 24.2 Å². The van der Waals surface area contributed by atoms with Gasteiger partial charge in [-0.2, -0.15) is 4.68 Å². The van der Waals surface area contributed by atoms with Crippen LogP contribution in [0.25, 0.3) is 11.2 Å². The summed E-state index contributed by atoms with van der Waals surface area (Å²) in [7, 11) is 0. The van der Waals surface area contributed by atoms with E-state index in [-0.39, 0.29) is 17.7 Å². The molecule has 0 bridgehead atoms. The smallest absolute Gasteiger partial charge is 0.338 e. The third-order valence-electron chi connectivity index (χ3n) is 7.57. The van der Waals surface area contributed by atoms with Crippen LogP contribution in [0.2, 0.25) is 0 Å². The molecule has 50 heavy (non-hydrogen) atoms. The lowest BCUT2D eigenvalue weighted by Crippen LogP contribution is -2.41. The first kappa shape index (κ1) is 35.1. The Kier molecular flexibility index (Phi) is 11.7. The number of rotatable bonds is 14. The van der Waals surface area contributed by atoms with Crippen molar-refractivity contribution in [1.29, 1.82) is 0 Å². The largest absolute Gasteiger partial charge is 0.459 e. The molecule has 14 heteroatoms. The monoisotopic (exact) mass is 713 g/mol. The van der Waals surface area contributed by atoms with Gasteiger partial charge in [-0.1, -0.05) is 85.4 Å². The molecule has 0 spiro atoms. The third-order valence-corrected chi connectivity index (χ3v) is 9.79. The highest BCUT2D eigenvalue weighted by atomic mass is 32.2. The number of thioether (sulfide) groups is 2. The van der Waals surface area contributed by atoms with Gasteiger partial charge in [0.25, 0.3) is 0 Å². The number of fused-ring (bicyclic) bond motifs is 1. The van der Waals surface area contributed by atoms with E-state index in [1.54, 1.807) is 103 Å². The highest BCUT2D eigenvalue weighted by molar-refractivity contribution is 7.99. The topological polar surface area (TPSA) is 145 Å². The Morgan fingerprint density at radius 2 is 1.26 bits per heavy atom. The van der Waals surface area contributed by atoms with Crippen molar-refractivity contribution in [2.45, 2.75) is 61.4 Å². The Morgan fingerprint density at radius 3 is 1.84 bits per heavy atom. The van der Waals surface area contributed by atoms with Gasteiger partial charge in [0.05, 0.1) is 16.7 Å². The number of ether oxygens (including phenoxy) is 4. The summed E-state index contributed by atoms with van der Waals surface area (Å²) in [5.41, 5.74) is 1.70. The van der Waals surface area contributed by atoms with Gasteiger partial charge in [-0.05, 0) is 55.0 Å².